The normalized spacial score (nSPS) is 12.8. The molecule has 2 amide bonds. The lowest BCUT2D eigenvalue weighted by atomic mass is 10.0. The number of amides is 2. The van der Waals surface area contributed by atoms with E-state index in [4.69, 9.17) is 0 Å². The summed E-state index contributed by atoms with van der Waals surface area (Å²) in [6.07, 6.45) is 1.80. The van der Waals surface area contributed by atoms with Crippen LogP contribution in [0.4, 0.5) is 4.79 Å². The Kier molecular flexibility index (Phi) is 6.88. The number of hydrogen-bond donors (Lipinski definition) is 3. The van der Waals surface area contributed by atoms with Crippen molar-refractivity contribution < 1.29 is 4.79 Å². The Morgan fingerprint density at radius 1 is 1.24 bits per heavy atom. The van der Waals surface area contributed by atoms with Gasteiger partial charge in [0.15, 0.2) is 0 Å². The van der Waals surface area contributed by atoms with Crippen molar-refractivity contribution in [2.24, 2.45) is 5.92 Å². The van der Waals surface area contributed by atoms with Gasteiger partial charge in [-0.2, -0.15) is 0 Å². The lowest BCUT2D eigenvalue weighted by Gasteiger charge is -2.24. The van der Waals surface area contributed by atoms with Gasteiger partial charge in [0.1, 0.15) is 0 Å². The molecule has 0 spiro atoms. The molecule has 25 heavy (non-hydrogen) atoms. The largest absolute Gasteiger partial charge is 0.358 e. The standard InChI is InChI=1S/C20H32N4O/c1-14(2)12-16(13-24(4)5)23-20(25)21-11-10-17-15(3)22-19-9-7-6-8-18(17)19/h6-9,14,16,22H,10-13H2,1-5H3,(H2,21,23,25). The highest BCUT2D eigenvalue weighted by molar-refractivity contribution is 5.84. The molecule has 0 radical (unpaired) electrons. The van der Waals surface area contributed by atoms with E-state index in [-0.39, 0.29) is 12.1 Å². The number of carbonyl (C=O) groups excluding carboxylic acids is 1. The zero-order valence-electron chi connectivity index (χ0n) is 16.1. The first-order valence-corrected chi connectivity index (χ1v) is 9.12. The number of rotatable bonds is 8. The zero-order valence-corrected chi connectivity index (χ0v) is 16.1. The van der Waals surface area contributed by atoms with Crippen LogP contribution in [0.3, 0.4) is 0 Å². The van der Waals surface area contributed by atoms with Gasteiger partial charge in [-0.3, -0.25) is 0 Å². The highest BCUT2D eigenvalue weighted by Gasteiger charge is 2.15. The van der Waals surface area contributed by atoms with Gasteiger partial charge in [-0.05, 0) is 51.4 Å². The number of nitrogens with zero attached hydrogens (tertiary/aromatic N) is 1. The van der Waals surface area contributed by atoms with E-state index in [0.717, 1.165) is 24.9 Å². The molecule has 0 fully saturated rings. The van der Waals surface area contributed by atoms with E-state index in [2.05, 4.69) is 59.5 Å². The maximum Gasteiger partial charge on any atom is 0.315 e. The first-order chi connectivity index (χ1) is 11.9. The van der Waals surface area contributed by atoms with Crippen LogP contribution in [0, 0.1) is 12.8 Å². The summed E-state index contributed by atoms with van der Waals surface area (Å²) < 4.78 is 0. The first kappa shape index (κ1) is 19.3. The monoisotopic (exact) mass is 344 g/mol. The minimum Gasteiger partial charge on any atom is -0.358 e. The van der Waals surface area contributed by atoms with Crippen LogP contribution in [0.2, 0.25) is 0 Å². The molecule has 1 aromatic carbocycles. The molecule has 138 valence electrons. The van der Waals surface area contributed by atoms with Gasteiger partial charge in [0.25, 0.3) is 0 Å². The van der Waals surface area contributed by atoms with Gasteiger partial charge in [0.2, 0.25) is 0 Å². The molecular formula is C20H32N4O. The molecule has 2 rings (SSSR count). The number of benzene rings is 1. The number of aromatic amines is 1. The Bertz CT molecular complexity index is 680. The predicted molar refractivity (Wildman–Crippen MR) is 105 cm³/mol. The lowest BCUT2D eigenvalue weighted by Crippen LogP contribution is -2.47. The Balaban J connectivity index is 1.87. The number of nitrogens with one attached hydrogen (secondary N) is 3. The minimum atomic E-state index is -0.0787. The number of carbonyl (C=O) groups is 1. The average Bonchev–Trinajstić information content (AvgIpc) is 2.82. The smallest absolute Gasteiger partial charge is 0.315 e. The second-order valence-corrected chi connectivity index (χ2v) is 7.51. The van der Waals surface area contributed by atoms with Gasteiger partial charge < -0.3 is 20.5 Å². The second-order valence-electron chi connectivity index (χ2n) is 7.51. The van der Waals surface area contributed by atoms with E-state index in [1.807, 2.05) is 20.2 Å². The Morgan fingerprint density at radius 2 is 1.96 bits per heavy atom. The number of aryl methyl sites for hydroxylation is 1. The first-order valence-electron chi connectivity index (χ1n) is 9.12. The number of fused-ring (bicyclic) bond motifs is 1. The molecule has 1 aromatic heterocycles. The summed E-state index contributed by atoms with van der Waals surface area (Å²) in [7, 11) is 4.07. The predicted octanol–water partition coefficient (Wildman–Crippen LogP) is 3.29. The van der Waals surface area contributed by atoms with Crippen LogP contribution in [0.1, 0.15) is 31.5 Å². The quantitative estimate of drug-likeness (QED) is 0.688. The molecule has 0 saturated carbocycles. The van der Waals surface area contributed by atoms with Crippen molar-refractivity contribution in [3.8, 4) is 0 Å². The Labute approximate surface area is 151 Å². The third-order valence-electron chi connectivity index (χ3n) is 4.36. The molecule has 0 aliphatic carbocycles. The van der Waals surface area contributed by atoms with E-state index in [1.165, 1.54) is 16.6 Å². The molecule has 0 aliphatic rings. The summed E-state index contributed by atoms with van der Waals surface area (Å²) in [5, 5.41) is 7.36. The van der Waals surface area contributed by atoms with Crippen LogP contribution < -0.4 is 10.6 Å². The molecule has 3 N–H and O–H groups in total. The lowest BCUT2D eigenvalue weighted by molar-refractivity contribution is 0.229. The fourth-order valence-corrected chi connectivity index (χ4v) is 3.38. The molecule has 0 saturated heterocycles. The van der Waals surface area contributed by atoms with Gasteiger partial charge >= 0.3 is 6.03 Å². The fourth-order valence-electron chi connectivity index (χ4n) is 3.38. The van der Waals surface area contributed by atoms with Gasteiger partial charge in [0, 0.05) is 35.7 Å². The van der Waals surface area contributed by atoms with Gasteiger partial charge in [-0.15, -0.1) is 0 Å². The van der Waals surface area contributed by atoms with Gasteiger partial charge in [0.05, 0.1) is 0 Å². The fraction of sp³-hybridized carbons (Fsp3) is 0.550. The number of H-pyrrole nitrogens is 1. The van der Waals surface area contributed by atoms with E-state index in [0.29, 0.717) is 12.5 Å². The molecule has 0 aliphatic heterocycles. The summed E-state index contributed by atoms with van der Waals surface area (Å²) >= 11 is 0. The molecule has 0 bridgehead atoms. The highest BCUT2D eigenvalue weighted by Crippen LogP contribution is 2.21. The molecular weight excluding hydrogens is 312 g/mol. The molecule has 5 heteroatoms. The third kappa shape index (κ3) is 5.78. The summed E-state index contributed by atoms with van der Waals surface area (Å²) in [5.41, 5.74) is 3.61. The number of para-hydroxylation sites is 1. The maximum atomic E-state index is 12.2. The van der Waals surface area contributed by atoms with E-state index >= 15 is 0 Å². The minimum absolute atomic E-state index is 0.0787. The number of aromatic nitrogens is 1. The SMILES string of the molecule is Cc1[nH]c2ccccc2c1CCNC(=O)NC(CC(C)C)CN(C)C. The highest BCUT2D eigenvalue weighted by atomic mass is 16.2. The third-order valence-corrected chi connectivity index (χ3v) is 4.36. The van der Waals surface area contributed by atoms with Crippen molar-refractivity contribution in [1.29, 1.82) is 0 Å². The van der Waals surface area contributed by atoms with Crippen LogP contribution in [0.25, 0.3) is 10.9 Å². The van der Waals surface area contributed by atoms with Crippen LogP contribution in [0.15, 0.2) is 24.3 Å². The van der Waals surface area contributed by atoms with Crippen LogP contribution >= 0.6 is 0 Å². The van der Waals surface area contributed by atoms with E-state index in [9.17, 15) is 4.79 Å². The van der Waals surface area contributed by atoms with Crippen molar-refractivity contribution in [2.45, 2.75) is 39.7 Å². The second kappa shape index (κ2) is 8.90. The van der Waals surface area contributed by atoms with Crippen molar-refractivity contribution in [2.75, 3.05) is 27.2 Å². The van der Waals surface area contributed by atoms with E-state index in [1.54, 1.807) is 0 Å². The van der Waals surface area contributed by atoms with Crippen molar-refractivity contribution in [3.63, 3.8) is 0 Å². The molecule has 5 nitrogen and oxygen atoms in total. The zero-order chi connectivity index (χ0) is 18.4. The summed E-state index contributed by atoms with van der Waals surface area (Å²) in [6.45, 7) is 7.94. The molecule has 1 atom stereocenters. The van der Waals surface area contributed by atoms with Crippen molar-refractivity contribution in [1.82, 2.24) is 20.5 Å². The van der Waals surface area contributed by atoms with Gasteiger partial charge in [-0.25, -0.2) is 4.79 Å². The maximum absolute atomic E-state index is 12.2. The van der Waals surface area contributed by atoms with Crippen LogP contribution in [-0.4, -0.2) is 49.1 Å². The van der Waals surface area contributed by atoms with Crippen molar-refractivity contribution >= 4 is 16.9 Å². The average molecular weight is 345 g/mol. The van der Waals surface area contributed by atoms with E-state index < -0.39 is 0 Å². The Hall–Kier alpha value is -2.01. The topological polar surface area (TPSA) is 60.2 Å². The number of likely N-dealkylation sites (N-methyl/N-ethyl adjacent to an activating group) is 1. The molecule has 1 unspecified atom stereocenters. The van der Waals surface area contributed by atoms with Crippen LogP contribution in [-0.2, 0) is 6.42 Å². The number of hydrogen-bond acceptors (Lipinski definition) is 2. The van der Waals surface area contributed by atoms with Gasteiger partial charge in [-0.1, -0.05) is 32.0 Å². The summed E-state index contributed by atoms with van der Waals surface area (Å²) in [5.74, 6) is 0.555. The number of urea groups is 1. The molecule has 2 aromatic rings. The Morgan fingerprint density at radius 3 is 2.64 bits per heavy atom. The summed E-state index contributed by atoms with van der Waals surface area (Å²) in [4.78, 5) is 17.8. The summed E-state index contributed by atoms with van der Waals surface area (Å²) in [6, 6.07) is 8.40. The van der Waals surface area contributed by atoms with Crippen molar-refractivity contribution in [3.05, 3.63) is 35.5 Å². The molecule has 1 heterocycles. The van der Waals surface area contributed by atoms with Crippen LogP contribution in [0.5, 0.6) is 0 Å².